The van der Waals surface area contributed by atoms with Crippen molar-refractivity contribution >= 4 is 20.8 Å². The average Bonchev–Trinajstić information content (AvgIpc) is 2.28. The first-order chi connectivity index (χ1) is 5.20. The van der Waals surface area contributed by atoms with Crippen LogP contribution < -0.4 is 0 Å². The highest BCUT2D eigenvalue weighted by Gasteiger charge is 2.32. The molecule has 1 rings (SSSR count). The van der Waals surface area contributed by atoms with Crippen LogP contribution in [-0.4, -0.2) is 23.1 Å². The van der Waals surface area contributed by atoms with E-state index in [0.29, 0.717) is 0 Å². The molecule has 3 heteroatoms. The molecule has 0 N–H and O–H groups in total. The van der Waals surface area contributed by atoms with Gasteiger partial charge in [-0.25, -0.2) is 4.31 Å². The van der Waals surface area contributed by atoms with Crippen molar-refractivity contribution in [3.8, 4) is 24.7 Å². The molecule has 0 aliphatic carbocycles. The molecule has 3 unspecified atom stereocenters. The van der Waals surface area contributed by atoms with E-state index in [1.807, 2.05) is 11.4 Å². The molecule has 0 saturated carbocycles. The lowest BCUT2D eigenvalue weighted by Crippen LogP contribution is -2.26. The largest absolute Gasteiger partial charge is 0.234 e. The van der Waals surface area contributed by atoms with Crippen LogP contribution in [0.4, 0.5) is 0 Å². The Hall–Kier alpha value is -0.350. The summed E-state index contributed by atoms with van der Waals surface area (Å²) < 4.78 is 2.01. The topological polar surface area (TPSA) is 3.24 Å². The fourth-order valence-electron chi connectivity index (χ4n) is 1.10. The molecule has 0 aromatic carbocycles. The minimum absolute atomic E-state index is 0.0563. The van der Waals surface area contributed by atoms with E-state index in [9.17, 15) is 0 Å². The van der Waals surface area contributed by atoms with Gasteiger partial charge in [-0.1, -0.05) is 11.8 Å². The van der Waals surface area contributed by atoms with Crippen molar-refractivity contribution in [1.29, 1.82) is 0 Å². The molecule has 1 saturated heterocycles. The van der Waals surface area contributed by atoms with Gasteiger partial charge in [-0.2, -0.15) is 0 Å². The maximum absolute atomic E-state index is 5.32. The molecule has 1 aliphatic heterocycles. The molecule has 0 aromatic rings. The highest BCUT2D eigenvalue weighted by Crippen LogP contribution is 2.20. The van der Waals surface area contributed by atoms with Gasteiger partial charge in [0, 0.05) is 5.75 Å². The number of terminal acetylenes is 2. The quantitative estimate of drug-likeness (QED) is 0.493. The zero-order chi connectivity index (χ0) is 8.43. The van der Waals surface area contributed by atoms with Gasteiger partial charge in [0.15, 0.2) is 0 Å². The van der Waals surface area contributed by atoms with Crippen LogP contribution in [0.25, 0.3) is 0 Å². The van der Waals surface area contributed by atoms with Crippen LogP contribution in [0.15, 0.2) is 0 Å². The fraction of sp³-hybridized carbons (Fsp3) is 0.500. The second-order valence-corrected chi connectivity index (χ2v) is 5.13. The van der Waals surface area contributed by atoms with Crippen LogP contribution in [0.3, 0.4) is 0 Å². The molecule has 3 atom stereocenters. The summed E-state index contributed by atoms with van der Waals surface area (Å²) in [6.07, 6.45) is 10.6. The zero-order valence-electron chi connectivity index (χ0n) is 6.28. The summed E-state index contributed by atoms with van der Waals surface area (Å²) >= 11 is 5.17. The van der Waals surface area contributed by atoms with Gasteiger partial charge in [0.25, 0.3) is 0 Å². The molecular weight excluding hydrogens is 174 g/mol. The summed E-state index contributed by atoms with van der Waals surface area (Å²) in [4.78, 5) is 0. The summed E-state index contributed by atoms with van der Waals surface area (Å²) in [6, 6.07) is 0.0563. The van der Waals surface area contributed by atoms with Crippen LogP contribution in [0, 0.1) is 30.6 Å². The van der Waals surface area contributed by atoms with Crippen molar-refractivity contribution in [2.24, 2.45) is 5.92 Å². The highest BCUT2D eigenvalue weighted by molar-refractivity contribution is 8.27. The Labute approximate surface area is 74.9 Å². The first-order valence-corrected chi connectivity index (χ1v) is 5.52. The van der Waals surface area contributed by atoms with Crippen LogP contribution in [0.2, 0.25) is 0 Å². The third kappa shape index (κ3) is 1.46. The lowest BCUT2D eigenvalue weighted by molar-refractivity contribution is 0.462. The zero-order valence-corrected chi connectivity index (χ0v) is 7.91. The van der Waals surface area contributed by atoms with E-state index in [-0.39, 0.29) is 21.6 Å². The molecule has 0 amide bonds. The van der Waals surface area contributed by atoms with Crippen LogP contribution in [0.1, 0.15) is 0 Å². The Morgan fingerprint density at radius 1 is 1.55 bits per heavy atom. The fourth-order valence-corrected chi connectivity index (χ4v) is 3.10. The smallest absolute Gasteiger partial charge is 0.0952 e. The molecule has 1 fully saturated rings. The predicted molar refractivity (Wildman–Crippen MR) is 52.3 cm³/mol. The Kier molecular flexibility index (Phi) is 2.67. The van der Waals surface area contributed by atoms with Gasteiger partial charge in [-0.3, -0.25) is 0 Å². The number of nitrogens with zero attached hydrogens (tertiary/aromatic N) is 1. The molecule has 58 valence electrons. The van der Waals surface area contributed by atoms with E-state index < -0.39 is 0 Å². The standard InChI is InChI=1S/C8H9NS2/c1-4-7-6-11(10)9(3)8(7)5-2/h1-2,7-8H,6H2,3H3. The Bertz CT molecular complexity index is 258. The van der Waals surface area contributed by atoms with Gasteiger partial charge in [0.05, 0.1) is 12.0 Å². The Morgan fingerprint density at radius 2 is 2.18 bits per heavy atom. The Morgan fingerprint density at radius 3 is 2.55 bits per heavy atom. The van der Waals surface area contributed by atoms with E-state index in [1.54, 1.807) is 0 Å². The van der Waals surface area contributed by atoms with Crippen LogP contribution in [0.5, 0.6) is 0 Å². The molecule has 0 aromatic heterocycles. The second-order valence-electron chi connectivity index (χ2n) is 2.42. The molecular formula is C8H9NS2. The van der Waals surface area contributed by atoms with Crippen LogP contribution >= 0.6 is 0 Å². The molecule has 1 aliphatic rings. The molecule has 11 heavy (non-hydrogen) atoms. The van der Waals surface area contributed by atoms with Gasteiger partial charge < -0.3 is 0 Å². The first kappa shape index (κ1) is 8.74. The summed E-state index contributed by atoms with van der Waals surface area (Å²) in [5, 5.41) is 0. The van der Waals surface area contributed by atoms with Crippen LogP contribution in [-0.2, 0) is 20.8 Å². The van der Waals surface area contributed by atoms with Gasteiger partial charge in [0.1, 0.15) is 0 Å². The van der Waals surface area contributed by atoms with Crippen molar-refractivity contribution in [1.82, 2.24) is 4.31 Å². The van der Waals surface area contributed by atoms with Crippen molar-refractivity contribution in [3.05, 3.63) is 0 Å². The van der Waals surface area contributed by atoms with Crippen molar-refractivity contribution in [2.45, 2.75) is 6.04 Å². The van der Waals surface area contributed by atoms with E-state index in [4.69, 9.17) is 24.0 Å². The number of hydrogen-bond donors (Lipinski definition) is 0. The second kappa shape index (κ2) is 3.36. The first-order valence-electron chi connectivity index (χ1n) is 3.24. The van der Waals surface area contributed by atoms with Crippen molar-refractivity contribution in [3.63, 3.8) is 0 Å². The van der Waals surface area contributed by atoms with Gasteiger partial charge >= 0.3 is 0 Å². The normalized spacial score (nSPS) is 37.9. The summed E-state index contributed by atoms with van der Waals surface area (Å²) in [7, 11) is 1.80. The lowest BCUT2D eigenvalue weighted by Gasteiger charge is -2.14. The third-order valence-electron chi connectivity index (χ3n) is 1.80. The molecule has 0 radical (unpaired) electrons. The molecule has 1 heterocycles. The van der Waals surface area contributed by atoms with E-state index in [1.165, 1.54) is 0 Å². The van der Waals surface area contributed by atoms with E-state index in [0.717, 1.165) is 5.75 Å². The summed E-state index contributed by atoms with van der Waals surface area (Å²) in [6.45, 7) is 0. The maximum Gasteiger partial charge on any atom is 0.0952 e. The average molecular weight is 183 g/mol. The van der Waals surface area contributed by atoms with Gasteiger partial charge in [0.2, 0.25) is 0 Å². The molecule has 0 spiro atoms. The van der Waals surface area contributed by atoms with E-state index in [2.05, 4.69) is 11.8 Å². The summed E-state index contributed by atoms with van der Waals surface area (Å²) in [5.74, 6) is 6.38. The number of hydrogen-bond acceptors (Lipinski definition) is 1. The minimum Gasteiger partial charge on any atom is -0.234 e. The highest BCUT2D eigenvalue weighted by atomic mass is 32.8. The molecule has 0 bridgehead atoms. The lowest BCUT2D eigenvalue weighted by atomic mass is 10.0. The SMILES string of the molecule is C#CC1CS(=S)N(C)C1C#C. The number of rotatable bonds is 0. The Balaban J connectivity index is 2.85. The summed E-state index contributed by atoms with van der Waals surface area (Å²) in [5.41, 5.74) is 0. The monoisotopic (exact) mass is 183 g/mol. The maximum atomic E-state index is 5.32. The van der Waals surface area contributed by atoms with Crippen molar-refractivity contribution in [2.75, 3.05) is 12.8 Å². The minimum atomic E-state index is -0.146. The van der Waals surface area contributed by atoms with Gasteiger partial charge in [-0.05, 0) is 27.9 Å². The molecule has 1 nitrogen and oxygen atoms in total. The predicted octanol–water partition coefficient (Wildman–Crippen LogP) is 0.178. The van der Waals surface area contributed by atoms with E-state index >= 15 is 0 Å². The van der Waals surface area contributed by atoms with Crippen molar-refractivity contribution < 1.29 is 0 Å². The third-order valence-corrected chi connectivity index (χ3v) is 4.43. The van der Waals surface area contributed by atoms with Gasteiger partial charge in [-0.15, -0.1) is 12.8 Å².